The first-order chi connectivity index (χ1) is 17.7. The average molecular weight is 502 g/mol. The fraction of sp³-hybridized carbons (Fsp3) is 0.407. The Bertz CT molecular complexity index is 1630. The summed E-state index contributed by atoms with van der Waals surface area (Å²) in [5.41, 5.74) is 2.34. The number of fused-ring (bicyclic) bond motifs is 3. The Kier molecular flexibility index (Phi) is 4.69. The number of hydrogen-bond acceptors (Lipinski definition) is 7. The molecular weight excluding hydrogens is 473 g/mol. The third-order valence-corrected chi connectivity index (χ3v) is 7.63. The van der Waals surface area contributed by atoms with Crippen LogP contribution >= 0.6 is 0 Å². The van der Waals surface area contributed by atoms with E-state index in [0.29, 0.717) is 22.8 Å². The molecule has 37 heavy (non-hydrogen) atoms. The highest BCUT2D eigenvalue weighted by atomic mass is 19.1. The number of halogens is 1. The van der Waals surface area contributed by atoms with Crippen molar-refractivity contribution in [3.8, 4) is 5.82 Å². The fourth-order valence-corrected chi connectivity index (χ4v) is 5.48. The smallest absolute Gasteiger partial charge is 0.278 e. The monoisotopic (exact) mass is 501 g/mol. The minimum atomic E-state index is -1.49. The van der Waals surface area contributed by atoms with Crippen LogP contribution in [0.1, 0.15) is 62.4 Å². The highest BCUT2D eigenvalue weighted by Crippen LogP contribution is 2.49. The maximum atomic E-state index is 14.5. The van der Waals surface area contributed by atoms with Crippen molar-refractivity contribution in [2.24, 2.45) is 0 Å². The molecule has 4 heterocycles. The largest absolute Gasteiger partial charge is 0.384 e. The molecule has 9 nitrogen and oxygen atoms in total. The molecule has 3 N–H and O–H groups in total. The molecule has 7 rings (SSSR count). The summed E-state index contributed by atoms with van der Waals surface area (Å²) in [6.45, 7) is 3.93. The molecule has 0 saturated heterocycles. The quantitative estimate of drug-likeness (QED) is 0.384. The fourth-order valence-electron chi connectivity index (χ4n) is 5.48. The molecule has 0 radical (unpaired) electrons. The lowest BCUT2D eigenvalue weighted by atomic mass is 9.92. The Labute approximate surface area is 212 Å². The number of benzene rings is 1. The van der Waals surface area contributed by atoms with E-state index < -0.39 is 11.4 Å². The summed E-state index contributed by atoms with van der Waals surface area (Å²) >= 11 is 0. The normalized spacial score (nSPS) is 18.3. The van der Waals surface area contributed by atoms with Crippen LogP contribution in [0.2, 0.25) is 0 Å². The van der Waals surface area contributed by atoms with Crippen molar-refractivity contribution >= 4 is 22.7 Å². The van der Waals surface area contributed by atoms with E-state index >= 15 is 0 Å². The summed E-state index contributed by atoms with van der Waals surface area (Å²) < 4.78 is 17.8. The van der Waals surface area contributed by atoms with Crippen LogP contribution in [-0.4, -0.2) is 36.0 Å². The third-order valence-electron chi connectivity index (χ3n) is 7.63. The summed E-state index contributed by atoms with van der Waals surface area (Å²) in [5, 5.41) is 17.8. The van der Waals surface area contributed by atoms with Crippen LogP contribution in [0.3, 0.4) is 0 Å². The van der Waals surface area contributed by atoms with Gasteiger partial charge in [-0.1, -0.05) is 6.07 Å². The van der Waals surface area contributed by atoms with Gasteiger partial charge in [-0.2, -0.15) is 4.98 Å². The van der Waals surface area contributed by atoms with Crippen molar-refractivity contribution in [3.05, 3.63) is 69.5 Å². The average Bonchev–Trinajstić information content (AvgIpc) is 3.79. The SMILES string of the molecule is CC(C)(O)c1nc(-n2c3nc(Nc4ccc5c(c4)CCNC54CC4)ncc3c(=O)n2C2CC2)ccc1F. The lowest BCUT2D eigenvalue weighted by Crippen LogP contribution is -2.36. The summed E-state index contributed by atoms with van der Waals surface area (Å²) in [7, 11) is 0. The van der Waals surface area contributed by atoms with Crippen LogP contribution in [0, 0.1) is 5.82 Å². The molecule has 1 aliphatic heterocycles. The maximum absolute atomic E-state index is 14.5. The van der Waals surface area contributed by atoms with Crippen molar-refractivity contribution in [1.82, 2.24) is 29.6 Å². The van der Waals surface area contributed by atoms with Gasteiger partial charge in [-0.15, -0.1) is 0 Å². The van der Waals surface area contributed by atoms with Gasteiger partial charge in [-0.25, -0.2) is 23.7 Å². The van der Waals surface area contributed by atoms with E-state index in [4.69, 9.17) is 4.98 Å². The highest BCUT2D eigenvalue weighted by Gasteiger charge is 2.46. The third kappa shape index (κ3) is 3.66. The molecule has 190 valence electrons. The molecule has 3 aromatic heterocycles. The molecule has 10 heteroatoms. The second kappa shape index (κ2) is 7.69. The number of rotatable bonds is 5. The predicted octanol–water partition coefficient (Wildman–Crippen LogP) is 3.56. The molecule has 2 aliphatic carbocycles. The van der Waals surface area contributed by atoms with Gasteiger partial charge in [0.1, 0.15) is 22.5 Å². The molecule has 2 fully saturated rings. The van der Waals surface area contributed by atoms with Crippen molar-refractivity contribution in [1.29, 1.82) is 0 Å². The zero-order chi connectivity index (χ0) is 25.5. The molecule has 0 amide bonds. The van der Waals surface area contributed by atoms with Crippen molar-refractivity contribution in [2.75, 3.05) is 11.9 Å². The van der Waals surface area contributed by atoms with E-state index in [-0.39, 0.29) is 22.8 Å². The van der Waals surface area contributed by atoms with Gasteiger partial charge in [0.15, 0.2) is 11.5 Å². The van der Waals surface area contributed by atoms with E-state index in [9.17, 15) is 14.3 Å². The van der Waals surface area contributed by atoms with Gasteiger partial charge in [0.2, 0.25) is 5.95 Å². The van der Waals surface area contributed by atoms with Gasteiger partial charge in [-0.3, -0.25) is 4.79 Å². The van der Waals surface area contributed by atoms with Gasteiger partial charge in [-0.05, 0) is 81.3 Å². The van der Waals surface area contributed by atoms with Crippen LogP contribution in [0.4, 0.5) is 16.0 Å². The molecule has 0 bridgehead atoms. The maximum Gasteiger partial charge on any atom is 0.278 e. The molecule has 0 unspecified atom stereocenters. The lowest BCUT2D eigenvalue weighted by molar-refractivity contribution is 0.0694. The van der Waals surface area contributed by atoms with E-state index in [1.54, 1.807) is 9.36 Å². The summed E-state index contributed by atoms with van der Waals surface area (Å²) in [4.78, 5) is 26.9. The number of hydrogen-bond donors (Lipinski definition) is 3. The Morgan fingerprint density at radius 1 is 1.19 bits per heavy atom. The number of aliphatic hydroxyl groups is 1. The molecule has 1 spiro atoms. The molecule has 2 saturated carbocycles. The van der Waals surface area contributed by atoms with E-state index in [1.165, 1.54) is 56.1 Å². The first-order valence-electron chi connectivity index (χ1n) is 12.8. The first-order valence-corrected chi connectivity index (χ1v) is 12.8. The van der Waals surface area contributed by atoms with Gasteiger partial charge in [0.05, 0.1) is 6.04 Å². The van der Waals surface area contributed by atoms with Crippen molar-refractivity contribution in [2.45, 2.75) is 63.1 Å². The van der Waals surface area contributed by atoms with Crippen LogP contribution in [0.15, 0.2) is 41.3 Å². The van der Waals surface area contributed by atoms with Crippen molar-refractivity contribution < 1.29 is 9.50 Å². The predicted molar refractivity (Wildman–Crippen MR) is 137 cm³/mol. The second-order valence-electron chi connectivity index (χ2n) is 10.9. The summed E-state index contributed by atoms with van der Waals surface area (Å²) in [6.07, 6.45) is 6.57. The van der Waals surface area contributed by atoms with Crippen molar-refractivity contribution in [3.63, 3.8) is 0 Å². The number of nitrogens with one attached hydrogen (secondary N) is 2. The highest BCUT2D eigenvalue weighted by molar-refractivity contribution is 5.77. The zero-order valence-corrected chi connectivity index (χ0v) is 20.8. The number of anilines is 2. The Morgan fingerprint density at radius 3 is 2.73 bits per heavy atom. The van der Waals surface area contributed by atoms with Gasteiger partial charge in [0.25, 0.3) is 5.56 Å². The van der Waals surface area contributed by atoms with Crippen LogP contribution in [-0.2, 0) is 17.6 Å². The zero-order valence-electron chi connectivity index (χ0n) is 20.8. The minimum absolute atomic E-state index is 0.0135. The van der Waals surface area contributed by atoms with Gasteiger partial charge in [0, 0.05) is 24.0 Å². The summed E-state index contributed by atoms with van der Waals surface area (Å²) in [6, 6.07) is 9.15. The Hall–Kier alpha value is -3.63. The molecule has 3 aliphatic rings. The molecular formula is C27H28FN7O2. The second-order valence-corrected chi connectivity index (χ2v) is 10.9. The molecule has 1 aromatic carbocycles. The number of pyridine rings is 1. The Balaban J connectivity index is 1.33. The van der Waals surface area contributed by atoms with E-state index in [1.807, 2.05) is 6.07 Å². The van der Waals surface area contributed by atoms with Crippen LogP contribution in [0.25, 0.3) is 16.9 Å². The topological polar surface area (TPSA) is 110 Å². The van der Waals surface area contributed by atoms with Gasteiger partial charge >= 0.3 is 0 Å². The standard InChI is InChI=1S/C27H28FN7O2/c1-26(2,37)22-20(28)7-8-21(32-22)35-23-18(24(36)34(35)17-4-5-17)14-29-25(33-23)31-16-3-6-19-15(13-16)9-12-30-27(19)10-11-27/h3,6-8,13-14,17,30,37H,4-5,9-12H2,1-2H3,(H,29,31,33). The van der Waals surface area contributed by atoms with Gasteiger partial charge < -0.3 is 15.7 Å². The van der Waals surface area contributed by atoms with E-state index in [2.05, 4.69) is 32.7 Å². The number of nitrogens with zero attached hydrogens (tertiary/aromatic N) is 5. The van der Waals surface area contributed by atoms with E-state index in [0.717, 1.165) is 31.5 Å². The first kappa shape index (κ1) is 22.6. The summed E-state index contributed by atoms with van der Waals surface area (Å²) in [5.74, 6) is 0.0628. The minimum Gasteiger partial charge on any atom is -0.384 e. The molecule has 0 atom stereocenters. The Morgan fingerprint density at radius 2 is 2.00 bits per heavy atom. The number of aromatic nitrogens is 5. The lowest BCUT2D eigenvalue weighted by Gasteiger charge is -2.27. The molecule has 4 aromatic rings. The van der Waals surface area contributed by atoms with Crippen LogP contribution < -0.4 is 16.2 Å². The van der Waals surface area contributed by atoms with Crippen LogP contribution in [0.5, 0.6) is 0 Å².